The average Bonchev–Trinajstić information content (AvgIpc) is 2.47. The summed E-state index contributed by atoms with van der Waals surface area (Å²) in [7, 11) is 5.74. The Hall–Kier alpha value is -1.85. The van der Waals surface area contributed by atoms with Gasteiger partial charge in [0.15, 0.2) is 0 Å². The molecule has 1 N–H and O–H groups in total. The molecule has 0 saturated carbocycles. The van der Waals surface area contributed by atoms with Gasteiger partial charge < -0.3 is 15.0 Å². The van der Waals surface area contributed by atoms with Crippen molar-refractivity contribution in [1.82, 2.24) is 14.9 Å². The molecule has 0 aliphatic heterocycles. The normalized spacial score (nSPS) is 12.2. The van der Waals surface area contributed by atoms with Crippen molar-refractivity contribution in [2.75, 3.05) is 33.1 Å². The molecular weight excluding hydrogens is 288 g/mol. The molecular formula is C15H19ClN4O. The fourth-order valence-corrected chi connectivity index (χ4v) is 2.29. The highest BCUT2D eigenvalue weighted by Crippen LogP contribution is 2.28. The van der Waals surface area contributed by atoms with E-state index in [9.17, 15) is 0 Å². The Morgan fingerprint density at radius 3 is 2.71 bits per heavy atom. The number of nitrogens with zero attached hydrogens (tertiary/aromatic N) is 3. The Kier molecular flexibility index (Phi) is 5.36. The number of halogens is 1. The second kappa shape index (κ2) is 7.24. The van der Waals surface area contributed by atoms with Crippen LogP contribution in [-0.4, -0.2) is 42.6 Å². The quantitative estimate of drug-likeness (QED) is 0.889. The van der Waals surface area contributed by atoms with Gasteiger partial charge in [0.1, 0.15) is 16.7 Å². The summed E-state index contributed by atoms with van der Waals surface area (Å²) < 4.78 is 5.44. The third-order valence-electron chi connectivity index (χ3n) is 3.20. The molecule has 112 valence electrons. The topological polar surface area (TPSA) is 50.3 Å². The maximum Gasteiger partial charge on any atom is 0.149 e. The largest absolute Gasteiger partial charge is 0.496 e. The van der Waals surface area contributed by atoms with E-state index >= 15 is 0 Å². The first-order valence-electron chi connectivity index (χ1n) is 6.62. The van der Waals surface area contributed by atoms with E-state index < -0.39 is 0 Å². The van der Waals surface area contributed by atoms with Gasteiger partial charge in [-0.2, -0.15) is 0 Å². The number of rotatable bonds is 6. The smallest absolute Gasteiger partial charge is 0.149 e. The number of ether oxygens (including phenoxy) is 1. The molecule has 2 aromatic rings. The molecule has 0 spiro atoms. The van der Waals surface area contributed by atoms with E-state index in [1.165, 1.54) is 6.20 Å². The van der Waals surface area contributed by atoms with Gasteiger partial charge >= 0.3 is 0 Å². The number of para-hydroxylation sites is 1. The highest BCUT2D eigenvalue weighted by atomic mass is 35.5. The first-order chi connectivity index (χ1) is 10.1. The molecule has 0 bridgehead atoms. The van der Waals surface area contributed by atoms with E-state index in [0.29, 0.717) is 17.5 Å². The molecule has 21 heavy (non-hydrogen) atoms. The molecule has 0 amide bonds. The molecule has 1 aromatic carbocycles. The van der Waals surface area contributed by atoms with Gasteiger partial charge in [0.25, 0.3) is 0 Å². The second-order valence-electron chi connectivity index (χ2n) is 4.83. The molecule has 1 aromatic heterocycles. The van der Waals surface area contributed by atoms with Gasteiger partial charge in [-0.05, 0) is 20.2 Å². The molecule has 0 aliphatic rings. The molecule has 0 radical (unpaired) electrons. The molecule has 5 nitrogen and oxygen atoms in total. The lowest BCUT2D eigenvalue weighted by Gasteiger charge is -2.26. The Morgan fingerprint density at radius 2 is 2.05 bits per heavy atom. The Labute approximate surface area is 129 Å². The number of methoxy groups -OCH3 is 1. The SMILES string of the molecule is COc1ccccc1C(CNc1cncc(Cl)n1)N(C)C. The molecule has 0 aliphatic carbocycles. The zero-order valence-electron chi connectivity index (χ0n) is 12.4. The minimum absolute atomic E-state index is 0.141. The number of likely N-dealkylation sites (N-methyl/N-ethyl adjacent to an activating group) is 1. The van der Waals surface area contributed by atoms with Crippen LogP contribution in [0.1, 0.15) is 11.6 Å². The number of benzene rings is 1. The molecule has 0 fully saturated rings. The standard InChI is InChI=1S/C15H19ClN4O/c1-20(2)12(11-6-4-5-7-13(11)21-3)8-18-15-10-17-9-14(16)19-15/h4-7,9-10,12H,8H2,1-3H3,(H,18,19). The van der Waals surface area contributed by atoms with Crippen LogP contribution in [-0.2, 0) is 0 Å². The van der Waals surface area contributed by atoms with Gasteiger partial charge in [0.2, 0.25) is 0 Å². The summed E-state index contributed by atoms with van der Waals surface area (Å²) in [5, 5.41) is 3.64. The van der Waals surface area contributed by atoms with Crippen molar-refractivity contribution in [3.8, 4) is 5.75 Å². The third kappa shape index (κ3) is 4.06. The van der Waals surface area contributed by atoms with Crippen LogP contribution < -0.4 is 10.1 Å². The molecule has 1 heterocycles. The first-order valence-corrected chi connectivity index (χ1v) is 7.00. The summed E-state index contributed by atoms with van der Waals surface area (Å²) in [6.07, 6.45) is 3.16. The van der Waals surface area contributed by atoms with Crippen LogP contribution in [0.5, 0.6) is 5.75 Å². The highest BCUT2D eigenvalue weighted by Gasteiger charge is 2.18. The third-order valence-corrected chi connectivity index (χ3v) is 3.39. The fraction of sp³-hybridized carbons (Fsp3) is 0.333. The van der Waals surface area contributed by atoms with Gasteiger partial charge in [-0.3, -0.25) is 4.98 Å². The fourth-order valence-electron chi connectivity index (χ4n) is 2.14. The predicted molar refractivity (Wildman–Crippen MR) is 85.0 cm³/mol. The van der Waals surface area contributed by atoms with Crippen LogP contribution in [0.2, 0.25) is 5.15 Å². The van der Waals surface area contributed by atoms with Crippen molar-refractivity contribution >= 4 is 17.4 Å². The molecule has 2 rings (SSSR count). The number of anilines is 1. The number of nitrogens with one attached hydrogen (secondary N) is 1. The molecule has 6 heteroatoms. The highest BCUT2D eigenvalue weighted by molar-refractivity contribution is 6.29. The van der Waals surface area contributed by atoms with Crippen LogP contribution in [0.15, 0.2) is 36.7 Å². The van der Waals surface area contributed by atoms with Gasteiger partial charge in [0.05, 0.1) is 25.5 Å². The maximum absolute atomic E-state index is 5.84. The van der Waals surface area contributed by atoms with E-state index in [0.717, 1.165) is 11.3 Å². The predicted octanol–water partition coefficient (Wildman–Crippen LogP) is 2.85. The van der Waals surface area contributed by atoms with E-state index in [2.05, 4.69) is 26.3 Å². The van der Waals surface area contributed by atoms with E-state index in [1.54, 1.807) is 13.3 Å². The van der Waals surface area contributed by atoms with Crippen molar-refractivity contribution in [1.29, 1.82) is 0 Å². The van der Waals surface area contributed by atoms with Crippen LogP contribution in [0.3, 0.4) is 0 Å². The van der Waals surface area contributed by atoms with E-state index in [4.69, 9.17) is 16.3 Å². The molecule has 1 unspecified atom stereocenters. The summed E-state index contributed by atoms with van der Waals surface area (Å²) in [6.45, 7) is 0.669. The van der Waals surface area contributed by atoms with Crippen molar-refractivity contribution in [2.24, 2.45) is 0 Å². The van der Waals surface area contributed by atoms with Crippen molar-refractivity contribution in [2.45, 2.75) is 6.04 Å². The lowest BCUT2D eigenvalue weighted by Crippen LogP contribution is -2.27. The summed E-state index contributed by atoms with van der Waals surface area (Å²) in [5.74, 6) is 1.53. The first kappa shape index (κ1) is 15.5. The molecule has 1 atom stereocenters. The van der Waals surface area contributed by atoms with Gasteiger partial charge in [0, 0.05) is 12.1 Å². The molecule has 0 saturated heterocycles. The lowest BCUT2D eigenvalue weighted by molar-refractivity contribution is 0.300. The Bertz CT molecular complexity index is 591. The maximum atomic E-state index is 5.84. The van der Waals surface area contributed by atoms with Crippen molar-refractivity contribution in [3.63, 3.8) is 0 Å². The zero-order chi connectivity index (χ0) is 15.2. The van der Waals surface area contributed by atoms with Crippen LogP contribution in [0.4, 0.5) is 5.82 Å². The van der Waals surface area contributed by atoms with E-state index in [-0.39, 0.29) is 6.04 Å². The van der Waals surface area contributed by atoms with E-state index in [1.807, 2.05) is 32.3 Å². The summed E-state index contributed by atoms with van der Waals surface area (Å²) >= 11 is 5.84. The Balaban J connectivity index is 2.16. The number of hydrogen-bond donors (Lipinski definition) is 1. The summed E-state index contributed by atoms with van der Waals surface area (Å²) in [6, 6.07) is 8.14. The van der Waals surface area contributed by atoms with Gasteiger partial charge in [-0.1, -0.05) is 29.8 Å². The van der Waals surface area contributed by atoms with Gasteiger partial charge in [-0.15, -0.1) is 0 Å². The van der Waals surface area contributed by atoms with Crippen LogP contribution in [0.25, 0.3) is 0 Å². The van der Waals surface area contributed by atoms with Crippen molar-refractivity contribution in [3.05, 3.63) is 47.4 Å². The minimum atomic E-state index is 0.141. The van der Waals surface area contributed by atoms with Crippen molar-refractivity contribution < 1.29 is 4.74 Å². The Morgan fingerprint density at radius 1 is 1.29 bits per heavy atom. The monoisotopic (exact) mass is 306 g/mol. The average molecular weight is 307 g/mol. The lowest BCUT2D eigenvalue weighted by atomic mass is 10.0. The summed E-state index contributed by atoms with van der Waals surface area (Å²) in [5.41, 5.74) is 1.12. The number of aromatic nitrogens is 2. The van der Waals surface area contributed by atoms with Crippen LogP contribution >= 0.6 is 11.6 Å². The zero-order valence-corrected chi connectivity index (χ0v) is 13.1. The minimum Gasteiger partial charge on any atom is -0.496 e. The number of hydrogen-bond acceptors (Lipinski definition) is 5. The second-order valence-corrected chi connectivity index (χ2v) is 5.22. The van der Waals surface area contributed by atoms with Gasteiger partial charge in [-0.25, -0.2) is 4.98 Å². The summed E-state index contributed by atoms with van der Waals surface area (Å²) in [4.78, 5) is 10.3. The van der Waals surface area contributed by atoms with Crippen LogP contribution in [0, 0.1) is 0 Å².